The summed E-state index contributed by atoms with van der Waals surface area (Å²) in [6.07, 6.45) is 0. The van der Waals surface area contributed by atoms with E-state index < -0.39 is 0 Å². The van der Waals surface area contributed by atoms with Crippen LogP contribution in [0, 0.1) is 5.92 Å². The highest BCUT2D eigenvalue weighted by molar-refractivity contribution is 7.98. The van der Waals surface area contributed by atoms with E-state index in [0.717, 1.165) is 35.5 Å². The molecule has 3 rings (SSSR count). The summed E-state index contributed by atoms with van der Waals surface area (Å²) in [6.45, 7) is 2.30. The van der Waals surface area contributed by atoms with Gasteiger partial charge in [0.15, 0.2) is 0 Å². The van der Waals surface area contributed by atoms with Crippen LogP contribution in [0.4, 0.5) is 0 Å². The summed E-state index contributed by atoms with van der Waals surface area (Å²) in [4.78, 5) is 1.04. The number of thioether (sulfide) groups is 1. The van der Waals surface area contributed by atoms with Crippen molar-refractivity contribution in [2.45, 2.75) is 5.75 Å². The SMILES string of the molecule is c1csc(-c2nnc(CSCC3CNC3)o2)c1. The molecule has 0 saturated carbocycles. The number of thiophene rings is 1. The fourth-order valence-corrected chi connectivity index (χ4v) is 3.21. The molecular weight excluding hydrogens is 254 g/mol. The van der Waals surface area contributed by atoms with Gasteiger partial charge in [0.1, 0.15) is 0 Å². The molecule has 1 N–H and O–H groups in total. The summed E-state index contributed by atoms with van der Waals surface area (Å²) in [7, 11) is 0. The van der Waals surface area contributed by atoms with Crippen molar-refractivity contribution in [1.29, 1.82) is 0 Å². The van der Waals surface area contributed by atoms with Gasteiger partial charge in [-0.25, -0.2) is 0 Å². The van der Waals surface area contributed by atoms with Gasteiger partial charge in [-0.3, -0.25) is 0 Å². The maximum Gasteiger partial charge on any atom is 0.257 e. The van der Waals surface area contributed by atoms with E-state index in [9.17, 15) is 0 Å². The number of nitrogens with zero attached hydrogens (tertiary/aromatic N) is 2. The van der Waals surface area contributed by atoms with Gasteiger partial charge in [-0.05, 0) is 36.2 Å². The third kappa shape index (κ3) is 2.70. The highest BCUT2D eigenvalue weighted by Crippen LogP contribution is 2.24. The van der Waals surface area contributed by atoms with E-state index in [-0.39, 0.29) is 0 Å². The number of hydrogen-bond acceptors (Lipinski definition) is 6. The maximum atomic E-state index is 5.61. The second-order valence-corrected chi connectivity index (χ2v) is 6.00. The topological polar surface area (TPSA) is 51.0 Å². The first kappa shape index (κ1) is 11.3. The molecule has 0 aliphatic carbocycles. The molecule has 0 radical (unpaired) electrons. The van der Waals surface area contributed by atoms with Crippen LogP contribution in [0.3, 0.4) is 0 Å². The van der Waals surface area contributed by atoms with Crippen molar-refractivity contribution >= 4 is 23.1 Å². The van der Waals surface area contributed by atoms with Crippen molar-refractivity contribution in [3.63, 3.8) is 0 Å². The molecule has 1 aliphatic rings. The van der Waals surface area contributed by atoms with Crippen molar-refractivity contribution in [3.05, 3.63) is 23.4 Å². The van der Waals surface area contributed by atoms with E-state index in [1.807, 2.05) is 29.3 Å². The second kappa shape index (κ2) is 5.20. The zero-order chi connectivity index (χ0) is 11.5. The summed E-state index contributed by atoms with van der Waals surface area (Å²) in [5.74, 6) is 4.17. The molecule has 0 aromatic carbocycles. The normalized spacial score (nSPS) is 16.0. The first-order valence-electron chi connectivity index (χ1n) is 5.56. The highest BCUT2D eigenvalue weighted by Gasteiger charge is 2.17. The van der Waals surface area contributed by atoms with Crippen molar-refractivity contribution in [1.82, 2.24) is 15.5 Å². The monoisotopic (exact) mass is 267 g/mol. The largest absolute Gasteiger partial charge is 0.419 e. The minimum absolute atomic E-state index is 0.640. The van der Waals surface area contributed by atoms with Crippen LogP contribution >= 0.6 is 23.1 Å². The number of aromatic nitrogens is 2. The van der Waals surface area contributed by atoms with E-state index in [0.29, 0.717) is 5.89 Å². The molecule has 0 bridgehead atoms. The van der Waals surface area contributed by atoms with E-state index in [2.05, 4.69) is 15.5 Å². The predicted molar refractivity (Wildman–Crippen MR) is 70.1 cm³/mol. The van der Waals surface area contributed by atoms with Crippen LogP contribution in [-0.4, -0.2) is 29.0 Å². The lowest BCUT2D eigenvalue weighted by atomic mass is 10.1. The molecule has 4 nitrogen and oxygen atoms in total. The molecule has 0 spiro atoms. The molecule has 0 amide bonds. The maximum absolute atomic E-state index is 5.61. The van der Waals surface area contributed by atoms with Crippen LogP contribution in [0.15, 0.2) is 21.9 Å². The van der Waals surface area contributed by atoms with E-state index in [4.69, 9.17) is 4.42 Å². The van der Waals surface area contributed by atoms with Crippen molar-refractivity contribution < 1.29 is 4.42 Å². The van der Waals surface area contributed by atoms with Crippen LogP contribution < -0.4 is 5.32 Å². The van der Waals surface area contributed by atoms with Gasteiger partial charge in [0, 0.05) is 0 Å². The molecule has 3 heterocycles. The lowest BCUT2D eigenvalue weighted by Crippen LogP contribution is -2.43. The second-order valence-electron chi connectivity index (χ2n) is 4.02. The lowest BCUT2D eigenvalue weighted by molar-refractivity contribution is 0.385. The van der Waals surface area contributed by atoms with E-state index >= 15 is 0 Å². The van der Waals surface area contributed by atoms with Gasteiger partial charge in [-0.2, -0.15) is 11.8 Å². The van der Waals surface area contributed by atoms with Gasteiger partial charge < -0.3 is 9.73 Å². The molecule has 1 saturated heterocycles. The third-order valence-corrected chi connectivity index (χ3v) is 4.66. The van der Waals surface area contributed by atoms with Crippen molar-refractivity contribution in [2.24, 2.45) is 5.92 Å². The van der Waals surface area contributed by atoms with E-state index in [1.165, 1.54) is 5.75 Å². The summed E-state index contributed by atoms with van der Waals surface area (Å²) in [6, 6.07) is 3.98. The Morgan fingerprint density at radius 2 is 2.41 bits per heavy atom. The quantitative estimate of drug-likeness (QED) is 0.900. The summed E-state index contributed by atoms with van der Waals surface area (Å²) < 4.78 is 5.61. The molecule has 2 aromatic rings. The van der Waals surface area contributed by atoms with E-state index in [1.54, 1.807) is 11.3 Å². The molecule has 1 aliphatic heterocycles. The fourth-order valence-electron chi connectivity index (χ4n) is 1.59. The number of rotatable bonds is 5. The summed E-state index contributed by atoms with van der Waals surface area (Å²) in [5.41, 5.74) is 0. The molecule has 2 aromatic heterocycles. The molecule has 0 atom stereocenters. The minimum Gasteiger partial charge on any atom is -0.419 e. The van der Waals surface area contributed by atoms with Crippen molar-refractivity contribution in [2.75, 3.05) is 18.8 Å². The Kier molecular flexibility index (Phi) is 3.44. The first-order chi connectivity index (χ1) is 8.42. The predicted octanol–water partition coefficient (Wildman–Crippen LogP) is 2.25. The average Bonchev–Trinajstić information content (AvgIpc) is 2.91. The van der Waals surface area contributed by atoms with Crippen LogP contribution in [0.1, 0.15) is 5.89 Å². The number of nitrogens with one attached hydrogen (secondary N) is 1. The van der Waals surface area contributed by atoms with Gasteiger partial charge in [-0.15, -0.1) is 21.5 Å². The number of hydrogen-bond donors (Lipinski definition) is 1. The Hall–Kier alpha value is -0.850. The van der Waals surface area contributed by atoms with Crippen LogP contribution in [0.5, 0.6) is 0 Å². The molecule has 0 unspecified atom stereocenters. The fraction of sp³-hybridized carbons (Fsp3) is 0.455. The Balaban J connectivity index is 1.53. The minimum atomic E-state index is 0.640. The zero-order valence-electron chi connectivity index (χ0n) is 9.26. The molecule has 6 heteroatoms. The van der Waals surface area contributed by atoms with Gasteiger partial charge in [-0.1, -0.05) is 6.07 Å². The molecule has 1 fully saturated rings. The Morgan fingerprint density at radius 3 is 3.12 bits per heavy atom. The highest BCUT2D eigenvalue weighted by atomic mass is 32.2. The Bertz CT molecular complexity index is 465. The molecule has 17 heavy (non-hydrogen) atoms. The first-order valence-corrected chi connectivity index (χ1v) is 7.60. The molecular formula is C11H13N3OS2. The summed E-state index contributed by atoms with van der Waals surface area (Å²) >= 11 is 3.49. The van der Waals surface area contributed by atoms with Crippen LogP contribution in [0.25, 0.3) is 10.8 Å². The van der Waals surface area contributed by atoms with Gasteiger partial charge in [0.05, 0.1) is 10.6 Å². The third-order valence-electron chi connectivity index (χ3n) is 2.64. The van der Waals surface area contributed by atoms with Crippen molar-refractivity contribution in [3.8, 4) is 10.8 Å². The zero-order valence-corrected chi connectivity index (χ0v) is 10.9. The molecule has 90 valence electrons. The summed E-state index contributed by atoms with van der Waals surface area (Å²) in [5, 5.41) is 13.4. The smallest absolute Gasteiger partial charge is 0.257 e. The Labute approximate surface area is 108 Å². The van der Waals surface area contributed by atoms with Gasteiger partial charge >= 0.3 is 0 Å². The Morgan fingerprint density at radius 1 is 1.47 bits per heavy atom. The standard InChI is InChI=1S/C11H13N3OS2/c1-2-9(17-3-1)11-14-13-10(15-11)7-16-6-8-4-12-5-8/h1-3,8,12H,4-7H2. The van der Waals surface area contributed by atoms with Crippen LogP contribution in [-0.2, 0) is 5.75 Å². The van der Waals surface area contributed by atoms with Crippen LogP contribution in [0.2, 0.25) is 0 Å². The van der Waals surface area contributed by atoms with Gasteiger partial charge in [0.25, 0.3) is 5.89 Å². The lowest BCUT2D eigenvalue weighted by Gasteiger charge is -2.26. The van der Waals surface area contributed by atoms with Gasteiger partial charge in [0.2, 0.25) is 5.89 Å². The average molecular weight is 267 g/mol.